The summed E-state index contributed by atoms with van der Waals surface area (Å²) in [5.74, 6) is -1.04. The number of halogens is 3. The van der Waals surface area contributed by atoms with Gasteiger partial charge in [0.15, 0.2) is 0 Å². The van der Waals surface area contributed by atoms with Gasteiger partial charge in [-0.05, 0) is 44.5 Å². The van der Waals surface area contributed by atoms with Crippen LogP contribution in [0, 0.1) is 13.8 Å². The molecule has 0 aliphatic rings. The molecule has 0 radical (unpaired) electrons. The van der Waals surface area contributed by atoms with Crippen LogP contribution >= 0.6 is 34.8 Å². The molecule has 2 rings (SSSR count). The molecule has 0 aliphatic heterocycles. The van der Waals surface area contributed by atoms with E-state index >= 15 is 0 Å². The van der Waals surface area contributed by atoms with E-state index < -0.39 is 9.70 Å². The van der Waals surface area contributed by atoms with Gasteiger partial charge < -0.3 is 10.6 Å². The number of rotatable bonds is 6. The van der Waals surface area contributed by atoms with Crippen molar-refractivity contribution in [3.05, 3.63) is 41.2 Å². The Morgan fingerprint density at radius 1 is 1.11 bits per heavy atom. The zero-order valence-corrected chi connectivity index (χ0v) is 17.5. The maximum absolute atomic E-state index is 12.5. The Morgan fingerprint density at radius 2 is 1.74 bits per heavy atom. The molecule has 0 aliphatic carbocycles. The Kier molecular flexibility index (Phi) is 7.14. The van der Waals surface area contributed by atoms with Gasteiger partial charge in [-0.15, -0.1) is 0 Å². The Morgan fingerprint density at radius 3 is 2.30 bits per heavy atom. The molecule has 0 spiro atoms. The number of hydrogen-bond donors (Lipinski definition) is 2. The van der Waals surface area contributed by atoms with E-state index in [0.717, 1.165) is 30.8 Å². The molecule has 6 nitrogen and oxygen atoms in total. The van der Waals surface area contributed by atoms with E-state index in [1.54, 1.807) is 24.3 Å². The zero-order chi connectivity index (χ0) is 20.2. The highest BCUT2D eigenvalue weighted by atomic mass is 35.6. The average molecular weight is 432 g/mol. The van der Waals surface area contributed by atoms with Gasteiger partial charge in [0.2, 0.25) is 0 Å². The Bertz CT molecular complexity index is 826. The summed E-state index contributed by atoms with van der Waals surface area (Å²) in [5.41, 5.74) is 3.25. The lowest BCUT2D eigenvalue weighted by molar-refractivity contribution is -0.115. The Hall–Kier alpha value is -1.76. The maximum Gasteiger partial charge on any atom is 0.276 e. The first kappa shape index (κ1) is 21.5. The summed E-state index contributed by atoms with van der Waals surface area (Å²) in [6, 6.07) is 6.28. The lowest BCUT2D eigenvalue weighted by Crippen LogP contribution is -2.26. The Labute approximate surface area is 173 Å². The van der Waals surface area contributed by atoms with Crippen LogP contribution in [0.1, 0.15) is 41.5 Å². The van der Waals surface area contributed by atoms with Crippen LogP contribution < -0.4 is 10.6 Å². The second-order valence-electron chi connectivity index (χ2n) is 6.11. The second-order valence-corrected chi connectivity index (χ2v) is 8.39. The highest BCUT2D eigenvalue weighted by molar-refractivity contribution is 6.76. The van der Waals surface area contributed by atoms with Crippen molar-refractivity contribution in [2.24, 2.45) is 0 Å². The third-order valence-corrected chi connectivity index (χ3v) is 4.52. The summed E-state index contributed by atoms with van der Waals surface area (Å²) in [7, 11) is 0. The molecule has 9 heteroatoms. The first-order valence-corrected chi connectivity index (χ1v) is 9.60. The Balaban J connectivity index is 2.09. The lowest BCUT2D eigenvalue weighted by Gasteiger charge is -2.12. The SMILES string of the molecule is CCCCn1nc(C)c(NC(=O)c2ccc(NC(=O)C(Cl)(Cl)Cl)cc2)c1C. The third-order valence-electron chi connectivity index (χ3n) is 4.01. The van der Waals surface area contributed by atoms with Crippen LogP contribution in [0.2, 0.25) is 0 Å². The van der Waals surface area contributed by atoms with Gasteiger partial charge in [-0.25, -0.2) is 0 Å². The minimum atomic E-state index is -2.05. The minimum Gasteiger partial charge on any atom is -0.322 e. The molecule has 146 valence electrons. The molecule has 0 unspecified atom stereocenters. The molecule has 0 fully saturated rings. The first-order chi connectivity index (χ1) is 12.6. The predicted octanol–water partition coefficient (Wildman–Crippen LogP) is 4.86. The molecule has 0 bridgehead atoms. The number of alkyl halides is 3. The summed E-state index contributed by atoms with van der Waals surface area (Å²) < 4.78 is -0.146. The van der Waals surface area contributed by atoms with E-state index in [-0.39, 0.29) is 5.91 Å². The van der Waals surface area contributed by atoms with Gasteiger partial charge in [0.25, 0.3) is 15.6 Å². The molecule has 2 aromatic rings. The molecule has 2 N–H and O–H groups in total. The van der Waals surface area contributed by atoms with Gasteiger partial charge in [-0.1, -0.05) is 48.1 Å². The molecule has 0 saturated carbocycles. The van der Waals surface area contributed by atoms with Crippen LogP contribution in [0.5, 0.6) is 0 Å². The fraction of sp³-hybridized carbons (Fsp3) is 0.389. The standard InChI is InChI=1S/C18H21Cl3N4O2/c1-4-5-10-25-12(3)15(11(2)24-25)23-16(26)13-6-8-14(9-7-13)22-17(27)18(19,20)21/h6-9H,4-5,10H2,1-3H3,(H,22,27)(H,23,26). The van der Waals surface area contributed by atoms with Crippen LogP contribution in [-0.2, 0) is 11.3 Å². The number of nitrogens with zero attached hydrogens (tertiary/aromatic N) is 2. The fourth-order valence-corrected chi connectivity index (χ4v) is 2.64. The van der Waals surface area contributed by atoms with E-state index in [1.165, 1.54) is 0 Å². The van der Waals surface area contributed by atoms with Crippen LogP contribution in [-0.4, -0.2) is 25.4 Å². The van der Waals surface area contributed by atoms with Crippen molar-refractivity contribution >= 4 is 58.0 Å². The first-order valence-electron chi connectivity index (χ1n) is 8.47. The number of aryl methyl sites for hydroxylation is 2. The number of anilines is 2. The quantitative estimate of drug-likeness (QED) is 0.641. The fourth-order valence-electron chi connectivity index (χ4n) is 2.50. The van der Waals surface area contributed by atoms with Crippen molar-refractivity contribution in [3.8, 4) is 0 Å². The van der Waals surface area contributed by atoms with Crippen LogP contribution in [0.25, 0.3) is 0 Å². The predicted molar refractivity (Wildman–Crippen MR) is 110 cm³/mol. The average Bonchev–Trinajstić information content (AvgIpc) is 2.87. The van der Waals surface area contributed by atoms with Gasteiger partial charge >= 0.3 is 0 Å². The van der Waals surface area contributed by atoms with Gasteiger partial charge in [0.1, 0.15) is 0 Å². The number of nitrogens with one attached hydrogen (secondary N) is 2. The molecule has 0 saturated heterocycles. The van der Waals surface area contributed by atoms with Crippen molar-refractivity contribution < 1.29 is 9.59 Å². The monoisotopic (exact) mass is 430 g/mol. The van der Waals surface area contributed by atoms with Gasteiger partial charge in [0, 0.05) is 17.8 Å². The van der Waals surface area contributed by atoms with Gasteiger partial charge in [-0.2, -0.15) is 5.10 Å². The molecule has 2 amide bonds. The normalized spacial score (nSPS) is 11.3. The summed E-state index contributed by atoms with van der Waals surface area (Å²) in [6.45, 7) is 6.73. The maximum atomic E-state index is 12.5. The number of carbonyl (C=O) groups is 2. The van der Waals surface area contributed by atoms with E-state index in [2.05, 4.69) is 22.7 Å². The summed E-state index contributed by atoms with van der Waals surface area (Å²) in [4.78, 5) is 24.2. The molecular weight excluding hydrogens is 411 g/mol. The number of aromatic nitrogens is 2. The largest absolute Gasteiger partial charge is 0.322 e. The minimum absolute atomic E-state index is 0.268. The van der Waals surface area contributed by atoms with E-state index in [9.17, 15) is 9.59 Å². The van der Waals surface area contributed by atoms with E-state index in [1.807, 2.05) is 18.5 Å². The van der Waals surface area contributed by atoms with E-state index in [0.29, 0.717) is 16.9 Å². The van der Waals surface area contributed by atoms with Crippen molar-refractivity contribution in [2.75, 3.05) is 10.6 Å². The summed E-state index contributed by atoms with van der Waals surface area (Å²) >= 11 is 16.5. The number of benzene rings is 1. The summed E-state index contributed by atoms with van der Waals surface area (Å²) in [5, 5.41) is 9.84. The molecular formula is C18H21Cl3N4O2. The third kappa shape index (κ3) is 5.61. The van der Waals surface area contributed by atoms with Crippen LogP contribution in [0.3, 0.4) is 0 Å². The van der Waals surface area contributed by atoms with Crippen LogP contribution in [0.4, 0.5) is 11.4 Å². The van der Waals surface area contributed by atoms with Crippen molar-refractivity contribution in [1.29, 1.82) is 0 Å². The molecule has 1 aromatic carbocycles. The number of hydrogen-bond acceptors (Lipinski definition) is 3. The topological polar surface area (TPSA) is 76.0 Å². The molecule has 1 aromatic heterocycles. The second kappa shape index (κ2) is 8.95. The number of unbranched alkanes of at least 4 members (excludes halogenated alkanes) is 1. The number of amides is 2. The van der Waals surface area contributed by atoms with Crippen molar-refractivity contribution in [3.63, 3.8) is 0 Å². The van der Waals surface area contributed by atoms with Gasteiger partial charge in [0.05, 0.1) is 17.1 Å². The van der Waals surface area contributed by atoms with Crippen LogP contribution in [0.15, 0.2) is 24.3 Å². The zero-order valence-electron chi connectivity index (χ0n) is 15.3. The van der Waals surface area contributed by atoms with E-state index in [4.69, 9.17) is 34.8 Å². The smallest absolute Gasteiger partial charge is 0.276 e. The van der Waals surface area contributed by atoms with Crippen molar-refractivity contribution in [2.45, 2.75) is 44.0 Å². The highest BCUT2D eigenvalue weighted by Gasteiger charge is 2.30. The number of carbonyl (C=O) groups excluding carboxylic acids is 2. The molecule has 1 heterocycles. The highest BCUT2D eigenvalue weighted by Crippen LogP contribution is 2.28. The molecule has 0 atom stereocenters. The molecule has 27 heavy (non-hydrogen) atoms. The lowest BCUT2D eigenvalue weighted by atomic mass is 10.2. The van der Waals surface area contributed by atoms with Gasteiger partial charge in [-0.3, -0.25) is 14.3 Å². The van der Waals surface area contributed by atoms with Crippen molar-refractivity contribution in [1.82, 2.24) is 9.78 Å². The summed E-state index contributed by atoms with van der Waals surface area (Å²) in [6.07, 6.45) is 2.10.